The van der Waals surface area contributed by atoms with E-state index in [1.807, 2.05) is 19.9 Å². The highest BCUT2D eigenvalue weighted by Crippen LogP contribution is 2.51. The highest BCUT2D eigenvalue weighted by Gasteiger charge is 2.61. The Morgan fingerprint density at radius 3 is 2.46 bits per heavy atom. The molecule has 2 unspecified atom stereocenters. The van der Waals surface area contributed by atoms with Crippen molar-refractivity contribution in [2.24, 2.45) is 4.99 Å². The molecule has 2 amide bonds. The van der Waals surface area contributed by atoms with Gasteiger partial charge >= 0.3 is 6.09 Å². The standard InChI is InChI=1S/C26H28N6O6S.C2H6/c1-25(2,3)38-24(34)32-23-26(8-4-9-26)39(35,36)19-7-10-37-22-17(20(19)31-23)11-16(14-29-22)30-21(33)18-6-5-15(12-27)13-28-18;1-2/h5-6,11,13-14,19-20H,4,7-10H2,1-3H3,(H,30,33)(H,31,32,34);1-2H3. The summed E-state index contributed by atoms with van der Waals surface area (Å²) in [5.41, 5.74) is 0.290. The normalized spacial score (nSPS) is 21.4. The van der Waals surface area contributed by atoms with Crippen molar-refractivity contribution in [3.8, 4) is 11.9 Å². The fourth-order valence-electron chi connectivity index (χ4n) is 5.01. The van der Waals surface area contributed by atoms with E-state index in [0.29, 0.717) is 30.4 Å². The number of sulfone groups is 1. The first-order valence-corrected chi connectivity index (χ1v) is 15.1. The first-order chi connectivity index (χ1) is 19.4. The Labute approximate surface area is 239 Å². The summed E-state index contributed by atoms with van der Waals surface area (Å²) in [6.07, 6.45) is 3.51. The van der Waals surface area contributed by atoms with Gasteiger partial charge in [-0.15, -0.1) is 0 Å². The third kappa shape index (κ3) is 5.74. The van der Waals surface area contributed by atoms with E-state index in [9.17, 15) is 18.0 Å². The van der Waals surface area contributed by atoms with Crippen molar-refractivity contribution in [3.05, 3.63) is 47.4 Å². The van der Waals surface area contributed by atoms with E-state index in [2.05, 4.69) is 20.6 Å². The van der Waals surface area contributed by atoms with Crippen molar-refractivity contribution in [1.82, 2.24) is 15.3 Å². The van der Waals surface area contributed by atoms with Crippen molar-refractivity contribution in [2.45, 2.75) is 81.9 Å². The van der Waals surface area contributed by atoms with Crippen LogP contribution in [0.2, 0.25) is 0 Å². The monoisotopic (exact) mass is 582 g/mol. The molecule has 3 aliphatic rings. The molecule has 1 saturated carbocycles. The number of amides is 2. The van der Waals surface area contributed by atoms with Crippen LogP contribution in [0.25, 0.3) is 0 Å². The maximum absolute atomic E-state index is 14.0. The van der Waals surface area contributed by atoms with Gasteiger partial charge in [0.25, 0.3) is 5.91 Å². The van der Waals surface area contributed by atoms with Crippen molar-refractivity contribution in [3.63, 3.8) is 0 Å². The third-order valence-electron chi connectivity index (χ3n) is 7.00. The van der Waals surface area contributed by atoms with Crippen LogP contribution in [0.3, 0.4) is 0 Å². The van der Waals surface area contributed by atoms with Crippen LogP contribution in [0.5, 0.6) is 5.88 Å². The van der Waals surface area contributed by atoms with E-state index < -0.39 is 43.5 Å². The molecule has 1 fully saturated rings. The molecule has 2 atom stereocenters. The van der Waals surface area contributed by atoms with Crippen LogP contribution >= 0.6 is 0 Å². The van der Waals surface area contributed by atoms with E-state index in [4.69, 9.17) is 19.7 Å². The second-order valence-corrected chi connectivity index (χ2v) is 13.2. The molecule has 13 heteroatoms. The van der Waals surface area contributed by atoms with Gasteiger partial charge in [0.1, 0.15) is 27.9 Å². The lowest BCUT2D eigenvalue weighted by Gasteiger charge is -2.47. The predicted molar refractivity (Wildman–Crippen MR) is 151 cm³/mol. The van der Waals surface area contributed by atoms with Crippen LogP contribution in [0, 0.1) is 11.3 Å². The molecule has 5 rings (SSSR count). The highest BCUT2D eigenvalue weighted by atomic mass is 32.2. The average Bonchev–Trinajstić information content (AvgIpc) is 3.07. The molecule has 2 aromatic rings. The van der Waals surface area contributed by atoms with Gasteiger partial charge in [0.15, 0.2) is 9.84 Å². The number of alkyl carbamates (subject to hydrolysis) is 1. The number of fused-ring (bicyclic) bond motifs is 3. The third-order valence-corrected chi connectivity index (χ3v) is 9.98. The molecular weight excluding hydrogens is 548 g/mol. The van der Waals surface area contributed by atoms with E-state index in [1.165, 1.54) is 24.5 Å². The number of anilines is 1. The Hall–Kier alpha value is -4.05. The largest absolute Gasteiger partial charge is 0.477 e. The SMILES string of the molecule is CC.CC(C)(C)OC(=O)NC1=NC2c3cc(NC(=O)c4ccc(C#N)cn4)cnc3OCCC2S(=O)(=O)C12CCC2. The number of nitrogens with one attached hydrogen (secondary N) is 2. The molecule has 0 bridgehead atoms. The molecule has 41 heavy (non-hydrogen) atoms. The van der Waals surface area contributed by atoms with Crippen molar-refractivity contribution in [1.29, 1.82) is 5.26 Å². The molecule has 2 N–H and O–H groups in total. The smallest absolute Gasteiger partial charge is 0.413 e. The minimum Gasteiger partial charge on any atom is -0.477 e. The van der Waals surface area contributed by atoms with Gasteiger partial charge in [0.2, 0.25) is 5.88 Å². The van der Waals surface area contributed by atoms with Gasteiger partial charge in [0.05, 0.1) is 35.3 Å². The van der Waals surface area contributed by atoms with Gasteiger partial charge in [-0.1, -0.05) is 13.8 Å². The van der Waals surface area contributed by atoms with Crippen LogP contribution in [0.15, 0.2) is 35.6 Å². The van der Waals surface area contributed by atoms with Gasteiger partial charge in [-0.2, -0.15) is 5.26 Å². The number of nitriles is 1. The van der Waals surface area contributed by atoms with Crippen molar-refractivity contribution in [2.75, 3.05) is 11.9 Å². The summed E-state index contributed by atoms with van der Waals surface area (Å²) in [5, 5.41) is 13.4. The number of hydrogen-bond acceptors (Lipinski definition) is 10. The lowest BCUT2D eigenvalue weighted by Crippen LogP contribution is -2.64. The molecule has 1 aliphatic carbocycles. The number of rotatable bonds is 2. The Morgan fingerprint density at radius 2 is 1.88 bits per heavy atom. The second kappa shape index (κ2) is 11.4. The minimum absolute atomic E-state index is 0.0633. The minimum atomic E-state index is -3.81. The zero-order valence-electron chi connectivity index (χ0n) is 23.7. The van der Waals surface area contributed by atoms with Crippen molar-refractivity contribution < 1.29 is 27.5 Å². The highest BCUT2D eigenvalue weighted by molar-refractivity contribution is 7.94. The van der Waals surface area contributed by atoms with Crippen LogP contribution in [0.4, 0.5) is 10.5 Å². The zero-order valence-corrected chi connectivity index (χ0v) is 24.5. The molecule has 0 saturated heterocycles. The number of amidine groups is 1. The summed E-state index contributed by atoms with van der Waals surface area (Å²) in [5.74, 6) is -0.266. The van der Waals surface area contributed by atoms with Crippen molar-refractivity contribution >= 4 is 33.4 Å². The topological polar surface area (TPSA) is 173 Å². The Bertz CT molecular complexity index is 1500. The number of carbonyl (C=O) groups is 2. The van der Waals surface area contributed by atoms with Crippen LogP contribution in [-0.2, 0) is 14.6 Å². The fourth-order valence-corrected chi connectivity index (χ4v) is 7.78. The van der Waals surface area contributed by atoms with Gasteiger partial charge in [-0.05, 0) is 58.2 Å². The Morgan fingerprint density at radius 1 is 1.15 bits per heavy atom. The number of aliphatic imine (C=N–C) groups is 1. The molecule has 12 nitrogen and oxygen atoms in total. The summed E-state index contributed by atoms with van der Waals surface area (Å²) in [6.45, 7) is 9.28. The summed E-state index contributed by atoms with van der Waals surface area (Å²) >= 11 is 0. The predicted octanol–water partition coefficient (Wildman–Crippen LogP) is 4.09. The molecule has 0 radical (unpaired) electrons. The van der Waals surface area contributed by atoms with Gasteiger partial charge in [-0.3, -0.25) is 15.1 Å². The maximum atomic E-state index is 14.0. The molecule has 1 spiro atoms. The molecule has 2 aromatic heterocycles. The number of aromatic nitrogens is 2. The Kier molecular flexibility index (Phi) is 8.35. The van der Waals surface area contributed by atoms with Gasteiger partial charge < -0.3 is 14.8 Å². The molecule has 0 aromatic carbocycles. The summed E-state index contributed by atoms with van der Waals surface area (Å²) < 4.78 is 38.0. The fraction of sp³-hybridized carbons (Fsp3) is 0.500. The quantitative estimate of drug-likeness (QED) is 0.529. The number of hydrogen-bond donors (Lipinski definition) is 2. The number of nitrogens with zero attached hydrogens (tertiary/aromatic N) is 4. The average molecular weight is 583 g/mol. The second-order valence-electron chi connectivity index (χ2n) is 10.7. The lowest BCUT2D eigenvalue weighted by atomic mass is 9.82. The lowest BCUT2D eigenvalue weighted by molar-refractivity contribution is 0.0559. The molecule has 218 valence electrons. The Balaban J connectivity index is 0.00000189. The maximum Gasteiger partial charge on any atom is 0.413 e. The summed E-state index contributed by atoms with van der Waals surface area (Å²) in [4.78, 5) is 38.5. The van der Waals surface area contributed by atoms with Crippen LogP contribution in [0.1, 0.15) is 88.0 Å². The van der Waals surface area contributed by atoms with Gasteiger partial charge in [0, 0.05) is 18.2 Å². The van der Waals surface area contributed by atoms with E-state index in [0.717, 1.165) is 0 Å². The molecule has 2 aliphatic heterocycles. The van der Waals surface area contributed by atoms with Crippen LogP contribution < -0.4 is 15.4 Å². The van der Waals surface area contributed by atoms with Crippen LogP contribution in [-0.4, -0.2) is 58.4 Å². The van der Waals surface area contributed by atoms with E-state index in [-0.39, 0.29) is 36.1 Å². The summed E-state index contributed by atoms with van der Waals surface area (Å²) in [7, 11) is -3.81. The number of carbonyl (C=O) groups excluding carboxylic acids is 2. The molecule has 4 heterocycles. The first-order valence-electron chi connectivity index (χ1n) is 13.6. The van der Waals surface area contributed by atoms with Gasteiger partial charge in [-0.25, -0.2) is 23.2 Å². The zero-order chi connectivity index (χ0) is 30.0. The van der Waals surface area contributed by atoms with E-state index >= 15 is 0 Å². The van der Waals surface area contributed by atoms with E-state index in [1.54, 1.807) is 26.8 Å². The number of ether oxygens (including phenoxy) is 2. The number of pyridine rings is 2. The summed E-state index contributed by atoms with van der Waals surface area (Å²) in [6, 6.07) is 5.51. The molecular formula is C28H34N6O6S. The first kappa shape index (κ1) is 29.9.